The molecule has 28 heavy (non-hydrogen) atoms. The normalized spacial score (nSPS) is 20.0. The van der Waals surface area contributed by atoms with Gasteiger partial charge in [0.15, 0.2) is 11.5 Å². The van der Waals surface area contributed by atoms with Crippen molar-refractivity contribution in [3.8, 4) is 0 Å². The molecule has 1 aliphatic heterocycles. The van der Waals surface area contributed by atoms with Gasteiger partial charge in [-0.1, -0.05) is 0 Å². The van der Waals surface area contributed by atoms with Gasteiger partial charge in [-0.25, -0.2) is 4.98 Å². The maximum absolute atomic E-state index is 6.07. The highest BCUT2D eigenvalue weighted by atomic mass is 35.5. The van der Waals surface area contributed by atoms with E-state index in [1.807, 2.05) is 4.90 Å². The van der Waals surface area contributed by atoms with Gasteiger partial charge in [0.25, 0.3) is 0 Å². The fourth-order valence-corrected chi connectivity index (χ4v) is 2.84. The average molecular weight is 416 g/mol. The molecule has 0 spiro atoms. The Morgan fingerprint density at radius 2 is 1.25 bits per heavy atom. The van der Waals surface area contributed by atoms with E-state index in [1.165, 1.54) is 0 Å². The Morgan fingerprint density at radius 3 is 1.79 bits per heavy atom. The summed E-state index contributed by atoms with van der Waals surface area (Å²) < 4.78 is 27.7. The summed E-state index contributed by atoms with van der Waals surface area (Å²) in [7, 11) is 0. The second kappa shape index (κ2) is 12.1. The van der Waals surface area contributed by atoms with Gasteiger partial charge in [0.1, 0.15) is 5.52 Å². The molecule has 11 heteroatoms. The highest BCUT2D eigenvalue weighted by Crippen LogP contribution is 2.22. The van der Waals surface area contributed by atoms with Crippen molar-refractivity contribution in [3.05, 3.63) is 11.6 Å². The second-order valence-electron chi connectivity index (χ2n) is 5.97. The van der Waals surface area contributed by atoms with Crippen LogP contribution in [0.4, 0.5) is 5.82 Å². The SMILES string of the molecule is Clc1nc(N2CCOCCOCCOCCOCCOCC2)c2[nH]cnc2n1. The number of aromatic nitrogens is 4. The monoisotopic (exact) mass is 415 g/mol. The molecule has 0 radical (unpaired) electrons. The topological polar surface area (TPSA) is 104 Å². The van der Waals surface area contributed by atoms with Crippen LogP contribution in [0.25, 0.3) is 11.2 Å². The molecule has 0 atom stereocenters. The number of anilines is 1. The molecule has 1 fully saturated rings. The smallest absolute Gasteiger partial charge is 0.226 e. The molecular formula is C17H26ClN5O5. The van der Waals surface area contributed by atoms with Crippen LogP contribution < -0.4 is 4.90 Å². The van der Waals surface area contributed by atoms with Crippen LogP contribution in [0.15, 0.2) is 6.33 Å². The Morgan fingerprint density at radius 1 is 0.750 bits per heavy atom. The molecule has 2 aromatic heterocycles. The Labute approximate surface area is 168 Å². The molecule has 0 amide bonds. The first-order chi connectivity index (χ1) is 13.8. The molecule has 0 aliphatic carbocycles. The van der Waals surface area contributed by atoms with Crippen molar-refractivity contribution in [1.29, 1.82) is 0 Å². The van der Waals surface area contributed by atoms with Crippen LogP contribution in [0.3, 0.4) is 0 Å². The lowest BCUT2D eigenvalue weighted by Crippen LogP contribution is -2.32. The number of fused-ring (bicyclic) bond motifs is 1. The fourth-order valence-electron chi connectivity index (χ4n) is 2.68. The van der Waals surface area contributed by atoms with E-state index in [0.717, 1.165) is 5.52 Å². The van der Waals surface area contributed by atoms with Crippen molar-refractivity contribution in [2.45, 2.75) is 0 Å². The van der Waals surface area contributed by atoms with Gasteiger partial charge in [-0.05, 0) is 11.6 Å². The molecule has 0 aromatic carbocycles. The predicted octanol–water partition coefficient (Wildman–Crippen LogP) is 0.909. The number of nitrogens with one attached hydrogen (secondary N) is 1. The number of imidazole rings is 1. The van der Waals surface area contributed by atoms with Gasteiger partial charge in [-0.15, -0.1) is 0 Å². The van der Waals surface area contributed by atoms with Gasteiger partial charge in [0.2, 0.25) is 5.28 Å². The first-order valence-electron chi connectivity index (χ1n) is 9.35. The highest BCUT2D eigenvalue weighted by molar-refractivity contribution is 6.28. The van der Waals surface area contributed by atoms with Crippen molar-refractivity contribution in [1.82, 2.24) is 19.9 Å². The number of nitrogens with zero attached hydrogens (tertiary/aromatic N) is 4. The predicted molar refractivity (Wildman–Crippen MR) is 103 cm³/mol. The summed E-state index contributed by atoms with van der Waals surface area (Å²) in [4.78, 5) is 17.8. The van der Waals surface area contributed by atoms with E-state index in [-0.39, 0.29) is 5.28 Å². The lowest BCUT2D eigenvalue weighted by molar-refractivity contribution is -0.0116. The zero-order valence-corrected chi connectivity index (χ0v) is 16.5. The Bertz CT molecular complexity index is 686. The van der Waals surface area contributed by atoms with E-state index < -0.39 is 0 Å². The quantitative estimate of drug-likeness (QED) is 0.680. The number of rotatable bonds is 1. The fraction of sp³-hybridized carbons (Fsp3) is 0.706. The van der Waals surface area contributed by atoms with Crippen LogP contribution in [0.1, 0.15) is 0 Å². The van der Waals surface area contributed by atoms with Crippen LogP contribution in [0, 0.1) is 0 Å². The minimum atomic E-state index is 0.153. The Hall–Kier alpha value is -1.56. The van der Waals surface area contributed by atoms with Crippen LogP contribution in [0.5, 0.6) is 0 Å². The molecular weight excluding hydrogens is 390 g/mol. The lowest BCUT2D eigenvalue weighted by Gasteiger charge is -2.24. The van der Waals surface area contributed by atoms with Gasteiger partial charge < -0.3 is 33.6 Å². The third-order valence-corrected chi connectivity index (χ3v) is 4.21. The van der Waals surface area contributed by atoms with Gasteiger partial charge in [0, 0.05) is 13.1 Å². The molecule has 0 bridgehead atoms. The summed E-state index contributed by atoms with van der Waals surface area (Å²) in [5.41, 5.74) is 1.26. The number of halogens is 1. The van der Waals surface area contributed by atoms with Crippen LogP contribution in [0.2, 0.25) is 5.28 Å². The molecule has 156 valence electrons. The minimum Gasteiger partial charge on any atom is -0.377 e. The number of hydrogen-bond donors (Lipinski definition) is 1. The molecule has 3 heterocycles. The van der Waals surface area contributed by atoms with Crippen molar-refractivity contribution < 1.29 is 23.7 Å². The summed E-state index contributed by atoms with van der Waals surface area (Å²) in [6.07, 6.45) is 1.58. The van der Waals surface area contributed by atoms with Crippen LogP contribution >= 0.6 is 11.6 Å². The highest BCUT2D eigenvalue weighted by Gasteiger charge is 2.16. The van der Waals surface area contributed by atoms with E-state index in [0.29, 0.717) is 90.6 Å². The molecule has 1 N–H and O–H groups in total. The minimum absolute atomic E-state index is 0.153. The summed E-state index contributed by atoms with van der Waals surface area (Å²) in [6.45, 7) is 6.49. The molecule has 1 saturated heterocycles. The second-order valence-corrected chi connectivity index (χ2v) is 6.30. The Kier molecular flexibility index (Phi) is 9.14. The first-order valence-corrected chi connectivity index (χ1v) is 9.72. The van der Waals surface area contributed by atoms with E-state index >= 15 is 0 Å². The average Bonchev–Trinajstić information content (AvgIpc) is 3.16. The van der Waals surface area contributed by atoms with Gasteiger partial charge in [0.05, 0.1) is 72.4 Å². The van der Waals surface area contributed by atoms with E-state index in [9.17, 15) is 0 Å². The molecule has 0 unspecified atom stereocenters. The van der Waals surface area contributed by atoms with E-state index in [4.69, 9.17) is 35.3 Å². The Balaban J connectivity index is 1.61. The third-order valence-electron chi connectivity index (χ3n) is 4.04. The standard InChI is InChI=1S/C17H26ClN5O5/c18-17-21-15-14(19-13-20-15)16(22-17)23-1-3-24-5-7-26-9-11-28-12-10-27-8-6-25-4-2-23/h13H,1-12H2,(H,19,20,21,22). The van der Waals surface area contributed by atoms with Gasteiger partial charge >= 0.3 is 0 Å². The summed E-state index contributed by atoms with van der Waals surface area (Å²) in [5, 5.41) is 0.153. The maximum atomic E-state index is 6.07. The van der Waals surface area contributed by atoms with Crippen molar-refractivity contribution in [2.24, 2.45) is 0 Å². The molecule has 1 aliphatic rings. The third kappa shape index (κ3) is 6.80. The largest absolute Gasteiger partial charge is 0.377 e. The summed E-state index contributed by atoms with van der Waals surface area (Å²) in [5.74, 6) is 0.679. The molecule has 3 rings (SSSR count). The first kappa shape index (κ1) is 21.2. The van der Waals surface area contributed by atoms with Crippen molar-refractivity contribution in [2.75, 3.05) is 84.1 Å². The zero-order chi connectivity index (χ0) is 19.4. The number of H-pyrrole nitrogens is 1. The molecule has 2 aromatic rings. The summed E-state index contributed by atoms with van der Waals surface area (Å²) >= 11 is 6.07. The van der Waals surface area contributed by atoms with Crippen molar-refractivity contribution >= 4 is 28.6 Å². The maximum Gasteiger partial charge on any atom is 0.226 e. The molecule has 10 nitrogen and oxygen atoms in total. The van der Waals surface area contributed by atoms with Crippen LogP contribution in [-0.2, 0) is 23.7 Å². The number of aromatic amines is 1. The number of ether oxygens (including phenoxy) is 5. The summed E-state index contributed by atoms with van der Waals surface area (Å²) in [6, 6.07) is 0. The number of hydrogen-bond acceptors (Lipinski definition) is 9. The van der Waals surface area contributed by atoms with Crippen molar-refractivity contribution in [3.63, 3.8) is 0 Å². The van der Waals surface area contributed by atoms with E-state index in [1.54, 1.807) is 6.33 Å². The molecule has 0 saturated carbocycles. The van der Waals surface area contributed by atoms with Gasteiger partial charge in [-0.3, -0.25) is 0 Å². The van der Waals surface area contributed by atoms with E-state index in [2.05, 4.69) is 19.9 Å². The zero-order valence-electron chi connectivity index (χ0n) is 15.8. The van der Waals surface area contributed by atoms with Crippen LogP contribution in [-0.4, -0.2) is 99.1 Å². The lowest BCUT2D eigenvalue weighted by atomic mass is 10.4. The van der Waals surface area contributed by atoms with Gasteiger partial charge in [-0.2, -0.15) is 9.97 Å².